The first-order valence-corrected chi connectivity index (χ1v) is 19.0. The van der Waals surface area contributed by atoms with Gasteiger partial charge in [0.25, 0.3) is 5.91 Å². The number of ether oxygens (including phenoxy) is 3. The van der Waals surface area contributed by atoms with Gasteiger partial charge in [-0.25, -0.2) is 0 Å². The van der Waals surface area contributed by atoms with Crippen molar-refractivity contribution in [1.29, 1.82) is 0 Å². The maximum absolute atomic E-state index is 13.4. The van der Waals surface area contributed by atoms with Gasteiger partial charge in [-0.1, -0.05) is 52.5 Å². The molecule has 0 aliphatic heterocycles. The summed E-state index contributed by atoms with van der Waals surface area (Å²) in [6.45, 7) is 14.8. The normalized spacial score (nSPS) is 13.9. The Balaban J connectivity index is 2.85. The van der Waals surface area contributed by atoms with Gasteiger partial charge in [-0.15, -0.1) is 0 Å². The third kappa shape index (κ3) is 14.9. The zero-order valence-electron chi connectivity index (χ0n) is 27.8. The Morgan fingerprint density at radius 2 is 1.76 bits per heavy atom. The Hall–Kier alpha value is -2.10. The van der Waals surface area contributed by atoms with Gasteiger partial charge < -0.3 is 29.7 Å². The molecule has 0 saturated heterocycles. The number of benzene rings is 1. The van der Waals surface area contributed by atoms with E-state index < -0.39 is 13.9 Å². The smallest absolute Gasteiger partial charge is 0.250 e. The highest BCUT2D eigenvalue weighted by Gasteiger charge is 2.39. The number of hydrogen-bond acceptors (Lipinski definition) is 6. The topological polar surface area (TPSA) is 109 Å². The van der Waals surface area contributed by atoms with Gasteiger partial charge in [0.05, 0.1) is 13.7 Å². The van der Waals surface area contributed by atoms with Gasteiger partial charge in [0.2, 0.25) is 5.91 Å². The first-order chi connectivity index (χ1) is 19.9. The van der Waals surface area contributed by atoms with E-state index in [1.54, 1.807) is 14.2 Å². The Morgan fingerprint density at radius 3 is 2.38 bits per heavy atom. The van der Waals surface area contributed by atoms with Gasteiger partial charge >= 0.3 is 0 Å². The predicted molar refractivity (Wildman–Crippen MR) is 174 cm³/mol. The molecule has 42 heavy (non-hydrogen) atoms. The molecule has 0 unspecified atom stereocenters. The molecule has 0 radical (unpaired) electrons. The highest BCUT2D eigenvalue weighted by atomic mass is 28.4. The summed E-state index contributed by atoms with van der Waals surface area (Å²) < 4.78 is 23.4. The molecule has 0 bridgehead atoms. The van der Waals surface area contributed by atoms with E-state index in [4.69, 9.17) is 24.4 Å². The molecule has 242 valence electrons. The molecule has 9 heteroatoms. The fourth-order valence-electron chi connectivity index (χ4n) is 5.31. The van der Waals surface area contributed by atoms with Crippen molar-refractivity contribution in [2.75, 3.05) is 34.0 Å². The van der Waals surface area contributed by atoms with Crippen LogP contribution in [0.25, 0.3) is 0 Å². The average molecular weight is 609 g/mol. The van der Waals surface area contributed by atoms with Crippen LogP contribution in [0.5, 0.6) is 11.5 Å². The van der Waals surface area contributed by atoms with Crippen LogP contribution < -0.4 is 20.5 Å². The second kappa shape index (κ2) is 20.0. The van der Waals surface area contributed by atoms with E-state index in [-0.39, 0.29) is 18.2 Å². The molecule has 0 aromatic heterocycles. The lowest BCUT2D eigenvalue weighted by molar-refractivity contribution is -0.137. The lowest BCUT2D eigenvalue weighted by Gasteiger charge is -2.37. The first kappa shape index (κ1) is 37.9. The molecule has 2 atom stereocenters. The van der Waals surface area contributed by atoms with Crippen molar-refractivity contribution in [3.05, 3.63) is 23.8 Å². The molecule has 1 aromatic carbocycles. The number of primary amides is 1. The molecule has 0 saturated carbocycles. The molecule has 0 heterocycles. The maximum Gasteiger partial charge on any atom is 0.250 e. The fourth-order valence-corrected chi connectivity index (χ4v) is 8.04. The largest absolute Gasteiger partial charge is 0.493 e. The summed E-state index contributed by atoms with van der Waals surface area (Å²) in [5.41, 5.74) is 5.62. The van der Waals surface area contributed by atoms with Gasteiger partial charge in [-0.3, -0.25) is 9.59 Å². The summed E-state index contributed by atoms with van der Waals surface area (Å²) in [6, 6.07) is 7.26. The van der Waals surface area contributed by atoms with Crippen LogP contribution in [0, 0.1) is 11.8 Å². The summed E-state index contributed by atoms with van der Waals surface area (Å²) >= 11 is 0. The Kier molecular flexibility index (Phi) is 18.0. The molecule has 1 rings (SSSR count). The number of methoxy groups -OCH3 is 2. The fraction of sp³-hybridized carbons (Fsp3) is 0.758. The second-order valence-corrected chi connectivity index (χ2v) is 16.9. The second-order valence-electron chi connectivity index (χ2n) is 12.7. The third-order valence-electron chi connectivity index (χ3n) is 7.90. The molecule has 0 spiro atoms. The number of carbonyl (C=O) groups excluding carboxylic acids is 2. The van der Waals surface area contributed by atoms with Gasteiger partial charge in [-0.2, -0.15) is 0 Å². The van der Waals surface area contributed by atoms with Crippen LogP contribution in [0.15, 0.2) is 18.2 Å². The number of nitrogens with two attached hydrogens (primary N) is 1. The summed E-state index contributed by atoms with van der Waals surface area (Å²) in [5, 5.41) is 3.02. The quantitative estimate of drug-likeness (QED) is 0.101. The van der Waals surface area contributed by atoms with Crippen LogP contribution in [0.2, 0.25) is 19.1 Å². The summed E-state index contributed by atoms with van der Waals surface area (Å²) in [5.74, 6) is 2.12. The number of nitrogens with one attached hydrogen (secondary N) is 1. The Bertz CT molecular complexity index is 926. The minimum Gasteiger partial charge on any atom is -0.493 e. The Morgan fingerprint density at radius 1 is 1.02 bits per heavy atom. The lowest BCUT2D eigenvalue weighted by Crippen LogP contribution is -2.52. The van der Waals surface area contributed by atoms with E-state index >= 15 is 0 Å². The van der Waals surface area contributed by atoms with Crippen LogP contribution in [0.3, 0.4) is 0 Å². The number of carbonyl (C=O) groups is 2. The van der Waals surface area contributed by atoms with Crippen LogP contribution in [-0.4, -0.2) is 59.7 Å². The van der Waals surface area contributed by atoms with E-state index in [9.17, 15) is 9.59 Å². The van der Waals surface area contributed by atoms with E-state index in [2.05, 4.69) is 51.3 Å². The third-order valence-corrected chi connectivity index (χ3v) is 10.5. The first-order valence-electron chi connectivity index (χ1n) is 15.9. The van der Waals surface area contributed by atoms with Crippen molar-refractivity contribution < 1.29 is 28.2 Å². The molecular formula is C33H60N2O6Si. The summed E-state index contributed by atoms with van der Waals surface area (Å²) in [6.07, 6.45) is 8.47. The van der Waals surface area contributed by atoms with E-state index in [1.165, 1.54) is 5.56 Å². The molecule has 1 aromatic rings. The number of unbranched alkanes of at least 4 members (excludes halogenated alkanes) is 2. The highest BCUT2D eigenvalue weighted by molar-refractivity contribution is 6.71. The minimum atomic E-state index is -2.03. The van der Waals surface area contributed by atoms with Crippen molar-refractivity contribution in [3.63, 3.8) is 0 Å². The molecule has 3 N–H and O–H groups in total. The lowest BCUT2D eigenvalue weighted by atomic mass is 9.84. The number of rotatable bonds is 24. The van der Waals surface area contributed by atoms with Crippen molar-refractivity contribution in [3.8, 4) is 11.5 Å². The van der Waals surface area contributed by atoms with Crippen molar-refractivity contribution in [2.45, 2.75) is 117 Å². The Labute approximate surface area is 256 Å². The van der Waals surface area contributed by atoms with Crippen molar-refractivity contribution in [2.24, 2.45) is 17.6 Å². The van der Waals surface area contributed by atoms with E-state index in [1.807, 2.05) is 13.0 Å². The van der Waals surface area contributed by atoms with E-state index in [0.717, 1.165) is 62.5 Å². The van der Waals surface area contributed by atoms with Crippen LogP contribution in [0.4, 0.5) is 0 Å². The standard InChI is InChI=1S/C33H60N2O6Si/c1-9-10-23-42(7,8)41-33(4,32(37)35-20-13-16-31(34)36)19-12-11-15-28(26(2)3)24-27-17-18-29(39-6)30(25-27)40-22-14-21-38-5/h17-18,25-26,28H,9-16,19-24H2,1-8H3,(H2,34,36)(H,35,37)/t28-,33+/m0/s1. The SMILES string of the molecule is CCCC[Si](C)(C)O[C@](C)(CCCC[C@@H](Cc1ccc(OC)c(OCCCOC)c1)C(C)C)C(=O)NCCCC(N)=O. The van der Waals surface area contributed by atoms with Crippen molar-refractivity contribution >= 4 is 20.1 Å². The maximum atomic E-state index is 13.4. The van der Waals surface area contributed by atoms with Gasteiger partial charge in [0, 0.05) is 33.1 Å². The van der Waals surface area contributed by atoms with Gasteiger partial charge in [0.15, 0.2) is 19.8 Å². The zero-order valence-corrected chi connectivity index (χ0v) is 28.8. The van der Waals surface area contributed by atoms with Gasteiger partial charge in [-0.05, 0) is 81.3 Å². The molecule has 0 aliphatic rings. The molecule has 0 aliphatic carbocycles. The molecular weight excluding hydrogens is 548 g/mol. The average Bonchev–Trinajstić information content (AvgIpc) is 2.93. The number of amides is 2. The molecule has 0 fully saturated rings. The van der Waals surface area contributed by atoms with Crippen LogP contribution >= 0.6 is 0 Å². The molecule has 2 amide bonds. The van der Waals surface area contributed by atoms with E-state index in [0.29, 0.717) is 44.4 Å². The summed E-state index contributed by atoms with van der Waals surface area (Å²) in [4.78, 5) is 24.5. The van der Waals surface area contributed by atoms with Gasteiger partial charge in [0.1, 0.15) is 5.60 Å². The van der Waals surface area contributed by atoms with Crippen molar-refractivity contribution in [1.82, 2.24) is 5.32 Å². The zero-order chi connectivity index (χ0) is 31.6. The predicted octanol–water partition coefficient (Wildman–Crippen LogP) is 6.65. The van der Waals surface area contributed by atoms with Crippen LogP contribution in [-0.2, 0) is 25.2 Å². The van der Waals surface area contributed by atoms with Crippen LogP contribution in [0.1, 0.15) is 91.0 Å². The highest BCUT2D eigenvalue weighted by Crippen LogP contribution is 2.33. The molecule has 8 nitrogen and oxygen atoms in total. The summed E-state index contributed by atoms with van der Waals surface area (Å²) in [7, 11) is 1.33. The minimum absolute atomic E-state index is 0.0827. The monoisotopic (exact) mass is 608 g/mol. The number of hydrogen-bond donors (Lipinski definition) is 2.